The molecule has 5 aliphatic carbocycles. The van der Waals surface area contributed by atoms with Gasteiger partial charge in [0, 0.05) is 29.9 Å². The summed E-state index contributed by atoms with van der Waals surface area (Å²) in [5, 5.41) is 50.5. The molecule has 7 N–H and O–H groups in total. The SMILES string of the molecule is C[C@H]1CCO[C@]([C@H]2CC[C@@]3(O)C4=CC(=O)[C@@H]5C[C@@H](O)CC[C@]5(C5CCCC5)[C@H]4CC[C@]23C)([C@H]2O[C@@H]2[C@](C)(O)[C@](C)(CO)CCC2=CCNC(N)=C2)C1. The van der Waals surface area contributed by atoms with E-state index in [1.807, 2.05) is 26.0 Å². The molecule has 2 saturated heterocycles. The van der Waals surface area contributed by atoms with Crippen LogP contribution < -0.4 is 11.1 Å². The Hall–Kier alpha value is -1.75. The van der Waals surface area contributed by atoms with Crippen molar-refractivity contribution in [3.63, 3.8) is 0 Å². The molecule has 8 rings (SSSR count). The van der Waals surface area contributed by atoms with Crippen LogP contribution >= 0.6 is 0 Å². The summed E-state index contributed by atoms with van der Waals surface area (Å²) in [5.74, 6) is 1.57. The van der Waals surface area contributed by atoms with Crippen LogP contribution in [0.25, 0.3) is 0 Å². The van der Waals surface area contributed by atoms with Crippen molar-refractivity contribution in [2.24, 2.45) is 51.6 Å². The number of hydrogen-bond acceptors (Lipinski definition) is 9. The maximum Gasteiger partial charge on any atom is 0.159 e. The molecule has 3 aliphatic heterocycles. The van der Waals surface area contributed by atoms with Gasteiger partial charge >= 0.3 is 0 Å². The van der Waals surface area contributed by atoms with Crippen molar-refractivity contribution >= 4 is 5.78 Å². The molecule has 8 aliphatic rings. The van der Waals surface area contributed by atoms with Gasteiger partial charge in [0.05, 0.1) is 29.7 Å². The lowest BCUT2D eigenvalue weighted by molar-refractivity contribution is -0.196. The molecule has 9 nitrogen and oxygen atoms in total. The predicted molar refractivity (Wildman–Crippen MR) is 198 cm³/mol. The highest BCUT2D eigenvalue weighted by Crippen LogP contribution is 2.72. The number of fused-ring (bicyclic) bond motifs is 5. The quantitative estimate of drug-likeness (QED) is 0.176. The third-order valence-electron chi connectivity index (χ3n) is 17.1. The zero-order valence-corrected chi connectivity index (χ0v) is 32.2. The summed E-state index contributed by atoms with van der Waals surface area (Å²) < 4.78 is 13.7. The van der Waals surface area contributed by atoms with Gasteiger partial charge in [-0.15, -0.1) is 0 Å². The first-order chi connectivity index (χ1) is 24.6. The average molecular weight is 723 g/mol. The monoisotopic (exact) mass is 722 g/mol. The number of ether oxygens (including phenoxy) is 2. The third kappa shape index (κ3) is 5.32. The van der Waals surface area contributed by atoms with E-state index in [0.29, 0.717) is 56.5 Å². The lowest BCUT2D eigenvalue weighted by atomic mass is 9.42. The second kappa shape index (κ2) is 12.9. The van der Waals surface area contributed by atoms with Crippen LogP contribution in [0.4, 0.5) is 0 Å². The van der Waals surface area contributed by atoms with Crippen molar-refractivity contribution in [2.45, 2.75) is 159 Å². The summed E-state index contributed by atoms with van der Waals surface area (Å²) in [4.78, 5) is 14.3. The van der Waals surface area contributed by atoms with Gasteiger partial charge in [-0.2, -0.15) is 0 Å². The summed E-state index contributed by atoms with van der Waals surface area (Å²) in [6, 6.07) is 0. The highest BCUT2D eigenvalue weighted by molar-refractivity contribution is 5.95. The van der Waals surface area contributed by atoms with E-state index in [2.05, 4.69) is 25.2 Å². The van der Waals surface area contributed by atoms with Gasteiger partial charge in [0.2, 0.25) is 0 Å². The number of nitrogens with two attached hydrogens (primary N) is 1. The van der Waals surface area contributed by atoms with Crippen LogP contribution in [-0.2, 0) is 14.3 Å². The van der Waals surface area contributed by atoms with Crippen molar-refractivity contribution in [3.05, 3.63) is 35.2 Å². The second-order valence-corrected chi connectivity index (χ2v) is 19.5. The molecule has 0 aromatic rings. The minimum atomic E-state index is -1.34. The standard InChI is InChI=1S/C43H66N2O7/c1-26-14-20-51-42(24-26,37-36(52-37)40(4,49)38(2,25-46)15-9-27-13-19-45-35(44)21-27)34-12-18-43(50)31-23-33(48)32-22-29(47)10-17-41(32,28-7-5-6-8-28)30(31)11-16-39(34,43)3/h13,21,23,26,28-30,32,34,36-37,45-47,49-50H,5-12,14-20,22,24-25,44H2,1-4H3/t26-,29-,30-,32-,34-,36-,37-,38-,39+,40-,41-,42+,43+/m0/s1. The van der Waals surface area contributed by atoms with Gasteiger partial charge < -0.3 is 41.0 Å². The smallest absolute Gasteiger partial charge is 0.159 e. The number of rotatable bonds is 9. The minimum absolute atomic E-state index is 0.0303. The van der Waals surface area contributed by atoms with Gasteiger partial charge in [-0.05, 0) is 143 Å². The minimum Gasteiger partial charge on any atom is -0.396 e. The van der Waals surface area contributed by atoms with Crippen molar-refractivity contribution < 1.29 is 34.7 Å². The highest BCUT2D eigenvalue weighted by Gasteiger charge is 2.75. The average Bonchev–Trinajstić information content (AvgIpc) is 3.66. The maximum atomic E-state index is 14.3. The Morgan fingerprint density at radius 1 is 1.04 bits per heavy atom. The van der Waals surface area contributed by atoms with Crippen molar-refractivity contribution in [1.82, 2.24) is 5.32 Å². The van der Waals surface area contributed by atoms with Crippen molar-refractivity contribution in [1.29, 1.82) is 0 Å². The fourth-order valence-electron chi connectivity index (χ4n) is 13.8. The maximum absolute atomic E-state index is 14.3. The van der Waals surface area contributed by atoms with E-state index < -0.39 is 39.8 Å². The molecule has 0 unspecified atom stereocenters. The van der Waals surface area contributed by atoms with E-state index in [-0.39, 0.29) is 41.7 Å². The molecule has 9 heteroatoms. The number of allylic oxidation sites excluding steroid dienone is 3. The number of aliphatic hydroxyl groups excluding tert-OH is 2. The van der Waals surface area contributed by atoms with E-state index in [4.69, 9.17) is 15.2 Å². The predicted octanol–water partition coefficient (Wildman–Crippen LogP) is 5.20. The number of dihydropyridines is 1. The summed E-state index contributed by atoms with van der Waals surface area (Å²) in [6.45, 7) is 9.40. The van der Waals surface area contributed by atoms with Gasteiger partial charge in [0.25, 0.3) is 0 Å². The van der Waals surface area contributed by atoms with Crippen LogP contribution in [0.3, 0.4) is 0 Å². The number of carbonyl (C=O) groups is 1. The Balaban J connectivity index is 1.11. The fraction of sp³-hybridized carbons (Fsp3) is 0.837. The Kier molecular flexibility index (Phi) is 9.23. The number of epoxide rings is 1. The largest absolute Gasteiger partial charge is 0.396 e. The highest BCUT2D eigenvalue weighted by atomic mass is 16.6. The van der Waals surface area contributed by atoms with Crippen LogP contribution in [0.5, 0.6) is 0 Å². The Bertz CT molecular complexity index is 1520. The van der Waals surface area contributed by atoms with Crippen LogP contribution in [0.2, 0.25) is 0 Å². The molecule has 0 aromatic carbocycles. The summed E-state index contributed by atoms with van der Waals surface area (Å²) in [5.41, 5.74) is 3.36. The molecule has 0 spiro atoms. The molecule has 0 aromatic heterocycles. The Labute approximate surface area is 310 Å². The fourth-order valence-corrected chi connectivity index (χ4v) is 13.8. The first-order valence-electron chi connectivity index (χ1n) is 20.8. The number of carbonyl (C=O) groups excluding carboxylic acids is 1. The zero-order valence-electron chi connectivity index (χ0n) is 32.2. The third-order valence-corrected chi connectivity index (χ3v) is 17.1. The van der Waals surface area contributed by atoms with Gasteiger partial charge in [-0.3, -0.25) is 4.79 Å². The summed E-state index contributed by atoms with van der Waals surface area (Å²) in [7, 11) is 0. The summed E-state index contributed by atoms with van der Waals surface area (Å²) >= 11 is 0. The van der Waals surface area contributed by atoms with Gasteiger partial charge in [-0.25, -0.2) is 0 Å². The molecule has 0 radical (unpaired) electrons. The van der Waals surface area contributed by atoms with Crippen LogP contribution in [0.15, 0.2) is 35.2 Å². The molecular weight excluding hydrogens is 656 g/mol. The van der Waals surface area contributed by atoms with Crippen LogP contribution in [-0.4, -0.2) is 81.1 Å². The topological polar surface area (TPSA) is 158 Å². The zero-order chi connectivity index (χ0) is 36.9. The molecule has 6 fully saturated rings. The molecule has 3 heterocycles. The van der Waals surface area contributed by atoms with Gasteiger partial charge in [-0.1, -0.05) is 39.7 Å². The van der Waals surface area contributed by atoms with E-state index in [1.54, 1.807) is 0 Å². The van der Waals surface area contributed by atoms with E-state index in [1.165, 1.54) is 12.8 Å². The summed E-state index contributed by atoms with van der Waals surface area (Å²) in [6.07, 6.45) is 17.5. The lowest BCUT2D eigenvalue weighted by Crippen LogP contribution is -2.64. The van der Waals surface area contributed by atoms with Crippen LogP contribution in [0, 0.1) is 45.8 Å². The van der Waals surface area contributed by atoms with Gasteiger partial charge in [0.1, 0.15) is 17.8 Å². The molecular formula is C43H66N2O7. The molecule has 0 amide bonds. The first kappa shape index (κ1) is 37.2. The number of ketones is 1. The molecule has 52 heavy (non-hydrogen) atoms. The van der Waals surface area contributed by atoms with Gasteiger partial charge in [0.15, 0.2) is 5.78 Å². The first-order valence-corrected chi connectivity index (χ1v) is 20.8. The molecule has 4 saturated carbocycles. The van der Waals surface area contributed by atoms with E-state index in [0.717, 1.165) is 68.9 Å². The second-order valence-electron chi connectivity index (χ2n) is 19.5. The van der Waals surface area contributed by atoms with E-state index in [9.17, 15) is 25.2 Å². The molecule has 0 bridgehead atoms. The Morgan fingerprint density at radius 2 is 1.81 bits per heavy atom. The Morgan fingerprint density at radius 3 is 2.52 bits per heavy atom. The van der Waals surface area contributed by atoms with Crippen molar-refractivity contribution in [3.8, 4) is 0 Å². The lowest BCUT2D eigenvalue weighted by Gasteiger charge is -2.63. The molecule has 13 atom stereocenters. The van der Waals surface area contributed by atoms with Crippen LogP contribution in [0.1, 0.15) is 124 Å². The number of nitrogens with one attached hydrogen (secondary N) is 1. The normalized spacial score (nSPS) is 47.1. The molecule has 290 valence electrons. The van der Waals surface area contributed by atoms with Crippen molar-refractivity contribution in [2.75, 3.05) is 19.8 Å². The van der Waals surface area contributed by atoms with E-state index >= 15 is 0 Å². The number of hydrogen-bond donors (Lipinski definition) is 6. The number of aliphatic hydroxyl groups is 4.